The first-order chi connectivity index (χ1) is 10.4. The molecule has 2 N–H and O–H groups in total. The number of carbonyl (C=O) groups is 3. The summed E-state index contributed by atoms with van der Waals surface area (Å²) in [4.78, 5) is 34.1. The zero-order valence-corrected chi connectivity index (χ0v) is 13.9. The van der Waals surface area contributed by atoms with E-state index in [2.05, 4.69) is 10.6 Å². The molecule has 1 unspecified atom stereocenters. The number of amides is 3. The Balaban J connectivity index is 4.42. The minimum absolute atomic E-state index is 0.197. The van der Waals surface area contributed by atoms with Crippen molar-refractivity contribution in [2.75, 3.05) is 0 Å². The molecule has 0 fully saturated rings. The first-order valence-electron chi connectivity index (χ1n) is 6.90. The van der Waals surface area contributed by atoms with Gasteiger partial charge in [0.25, 0.3) is 5.24 Å². The van der Waals surface area contributed by atoms with E-state index in [1.807, 2.05) is 19.1 Å². The Labute approximate surface area is 137 Å². The lowest BCUT2D eigenvalue weighted by Gasteiger charge is -2.12. The van der Waals surface area contributed by atoms with Crippen LogP contribution < -0.4 is 10.6 Å². The van der Waals surface area contributed by atoms with Gasteiger partial charge in [0, 0.05) is 6.92 Å². The Morgan fingerprint density at radius 3 is 2.50 bits per heavy atom. The molecule has 22 heavy (non-hydrogen) atoms. The quantitative estimate of drug-likeness (QED) is 0.429. The van der Waals surface area contributed by atoms with E-state index in [9.17, 15) is 14.4 Å². The third-order valence-corrected chi connectivity index (χ3v) is 3.08. The average Bonchev–Trinajstić information content (AvgIpc) is 2.37. The van der Waals surface area contributed by atoms with Gasteiger partial charge in [0.1, 0.15) is 7.85 Å². The summed E-state index contributed by atoms with van der Waals surface area (Å²) in [5, 5.41) is 3.92. The van der Waals surface area contributed by atoms with Gasteiger partial charge in [-0.2, -0.15) is 0 Å². The van der Waals surface area contributed by atoms with Crippen molar-refractivity contribution in [3.63, 3.8) is 0 Å². The van der Waals surface area contributed by atoms with Crippen molar-refractivity contribution < 1.29 is 14.4 Å². The summed E-state index contributed by atoms with van der Waals surface area (Å²) in [7, 11) is 5.24. The van der Waals surface area contributed by atoms with Crippen LogP contribution in [0.2, 0.25) is 0 Å². The number of allylic oxidation sites excluding steroid dienone is 4. The van der Waals surface area contributed by atoms with Crippen LogP contribution in [0, 0.1) is 0 Å². The van der Waals surface area contributed by atoms with Crippen molar-refractivity contribution in [2.24, 2.45) is 0 Å². The summed E-state index contributed by atoms with van der Waals surface area (Å²) in [6.45, 7) is 4.92. The van der Waals surface area contributed by atoms with E-state index in [4.69, 9.17) is 7.85 Å². The molecule has 7 heteroatoms. The molecule has 118 valence electrons. The van der Waals surface area contributed by atoms with Crippen molar-refractivity contribution in [3.05, 3.63) is 35.9 Å². The predicted molar refractivity (Wildman–Crippen MR) is 91.4 cm³/mol. The molecule has 0 aliphatic rings. The number of imide groups is 1. The van der Waals surface area contributed by atoms with Gasteiger partial charge in [-0.3, -0.25) is 19.7 Å². The molecule has 0 rings (SSSR count). The number of thioether (sulfide) groups is 1. The molecule has 0 aliphatic heterocycles. The SMILES string of the molecule is [B]/C=C/C=C\C(=C/CC)CC(=O)NC(C)SC(=O)NC(C)=O. The van der Waals surface area contributed by atoms with Gasteiger partial charge in [0.2, 0.25) is 11.8 Å². The second-order valence-electron chi connectivity index (χ2n) is 4.40. The molecule has 0 aromatic heterocycles. The van der Waals surface area contributed by atoms with E-state index < -0.39 is 16.5 Å². The molecule has 0 saturated heterocycles. The Hall–Kier alpha value is -1.76. The smallest absolute Gasteiger partial charge is 0.287 e. The van der Waals surface area contributed by atoms with Crippen molar-refractivity contribution >= 4 is 36.7 Å². The molecule has 0 spiro atoms. The van der Waals surface area contributed by atoms with Gasteiger partial charge in [-0.25, -0.2) is 0 Å². The van der Waals surface area contributed by atoms with Crippen molar-refractivity contribution in [1.82, 2.24) is 10.6 Å². The molecule has 0 bridgehead atoms. The molecule has 3 amide bonds. The molecule has 0 aromatic rings. The maximum Gasteiger partial charge on any atom is 0.287 e. The fraction of sp³-hybridized carbons (Fsp3) is 0.400. The zero-order valence-electron chi connectivity index (χ0n) is 13.1. The average molecular weight is 320 g/mol. The van der Waals surface area contributed by atoms with E-state index in [0.717, 1.165) is 23.8 Å². The summed E-state index contributed by atoms with van der Waals surface area (Å²) >= 11 is 0.850. The van der Waals surface area contributed by atoms with Crippen LogP contribution in [0.3, 0.4) is 0 Å². The van der Waals surface area contributed by atoms with Crippen molar-refractivity contribution in [1.29, 1.82) is 0 Å². The highest BCUT2D eigenvalue weighted by Crippen LogP contribution is 2.11. The molecule has 1 atom stereocenters. The molecule has 5 nitrogen and oxygen atoms in total. The minimum atomic E-state index is -0.488. The highest BCUT2D eigenvalue weighted by molar-refractivity contribution is 8.14. The van der Waals surface area contributed by atoms with E-state index in [1.165, 1.54) is 12.9 Å². The van der Waals surface area contributed by atoms with Crippen LogP contribution in [-0.2, 0) is 9.59 Å². The zero-order chi connectivity index (χ0) is 17.0. The van der Waals surface area contributed by atoms with Crippen LogP contribution in [-0.4, -0.2) is 30.3 Å². The van der Waals surface area contributed by atoms with E-state index in [1.54, 1.807) is 19.1 Å². The molecule has 2 radical (unpaired) electrons. The molecular formula is C15H21BN2O3S. The lowest BCUT2D eigenvalue weighted by atomic mass is 10.1. The van der Waals surface area contributed by atoms with Gasteiger partial charge in [-0.1, -0.05) is 31.2 Å². The number of carbonyl (C=O) groups excluding carboxylic acids is 3. The summed E-state index contributed by atoms with van der Waals surface area (Å²) in [5.74, 6) is 0.783. The third kappa shape index (κ3) is 11.0. The van der Waals surface area contributed by atoms with E-state index in [-0.39, 0.29) is 12.3 Å². The predicted octanol–water partition coefficient (Wildman–Crippen LogP) is 2.40. The van der Waals surface area contributed by atoms with E-state index in [0.29, 0.717) is 0 Å². The van der Waals surface area contributed by atoms with Crippen LogP contribution >= 0.6 is 11.8 Å². The fourth-order valence-corrected chi connectivity index (χ4v) is 2.25. The second-order valence-corrected chi connectivity index (χ2v) is 5.72. The van der Waals surface area contributed by atoms with E-state index >= 15 is 0 Å². The highest BCUT2D eigenvalue weighted by Gasteiger charge is 2.13. The van der Waals surface area contributed by atoms with Gasteiger partial charge < -0.3 is 5.32 Å². The third-order valence-electron chi connectivity index (χ3n) is 2.29. The van der Waals surface area contributed by atoms with Crippen molar-refractivity contribution in [2.45, 2.75) is 39.0 Å². The largest absolute Gasteiger partial charge is 0.344 e. The van der Waals surface area contributed by atoms with Crippen LogP contribution in [0.1, 0.15) is 33.6 Å². The second kappa shape index (κ2) is 11.9. The highest BCUT2D eigenvalue weighted by atomic mass is 32.2. The Kier molecular flexibility index (Phi) is 10.9. The molecule has 0 saturated carbocycles. The van der Waals surface area contributed by atoms with Gasteiger partial charge in [0.15, 0.2) is 0 Å². The summed E-state index contributed by atoms with van der Waals surface area (Å²) in [5.41, 5.74) is 0.864. The summed E-state index contributed by atoms with van der Waals surface area (Å²) < 4.78 is 0. The van der Waals surface area contributed by atoms with Crippen LogP contribution in [0.5, 0.6) is 0 Å². The number of hydrogen-bond acceptors (Lipinski definition) is 4. The lowest BCUT2D eigenvalue weighted by molar-refractivity contribution is -0.120. The minimum Gasteiger partial charge on any atom is -0.344 e. The molecule has 0 aliphatic carbocycles. The van der Waals surface area contributed by atoms with Crippen molar-refractivity contribution in [3.8, 4) is 0 Å². The van der Waals surface area contributed by atoms with Gasteiger partial charge >= 0.3 is 0 Å². The standard InChI is InChI=1S/C15H21BN2O3S/c1-4-7-13(8-5-6-9-16)10-14(20)18-12(3)22-15(21)17-11(2)19/h5-9,12H,4,10H2,1-3H3,(H,18,20)(H,17,19,21)/b8-5-,9-6+,13-7+. The summed E-state index contributed by atoms with van der Waals surface area (Å²) in [6, 6.07) is 0. The fourth-order valence-electron chi connectivity index (χ4n) is 1.53. The normalized spacial score (nSPS) is 13.3. The van der Waals surface area contributed by atoms with Gasteiger partial charge in [-0.05, 0) is 30.7 Å². The Morgan fingerprint density at radius 1 is 1.27 bits per heavy atom. The maximum absolute atomic E-state index is 11.9. The Morgan fingerprint density at radius 2 is 1.95 bits per heavy atom. The van der Waals surface area contributed by atoms with Crippen LogP contribution in [0.4, 0.5) is 4.79 Å². The number of rotatable bonds is 7. The monoisotopic (exact) mass is 320 g/mol. The molecular weight excluding hydrogens is 299 g/mol. The first kappa shape index (κ1) is 20.2. The number of hydrogen-bond donors (Lipinski definition) is 2. The first-order valence-corrected chi connectivity index (χ1v) is 7.78. The number of nitrogens with one attached hydrogen (secondary N) is 2. The Bertz CT molecular complexity index is 487. The maximum atomic E-state index is 11.9. The molecule has 0 aromatic carbocycles. The summed E-state index contributed by atoms with van der Waals surface area (Å²) in [6.07, 6.45) is 8.21. The lowest BCUT2D eigenvalue weighted by Crippen LogP contribution is -2.34. The van der Waals surface area contributed by atoms with Gasteiger partial charge in [-0.15, -0.1) is 5.98 Å². The van der Waals surface area contributed by atoms with Crippen LogP contribution in [0.25, 0.3) is 0 Å². The topological polar surface area (TPSA) is 75.3 Å². The van der Waals surface area contributed by atoms with Gasteiger partial charge in [0.05, 0.1) is 11.8 Å². The molecule has 0 heterocycles. The van der Waals surface area contributed by atoms with Crippen LogP contribution in [0.15, 0.2) is 35.9 Å².